The molecule has 0 unspecified atom stereocenters. The Bertz CT molecular complexity index is 1940. The van der Waals surface area contributed by atoms with E-state index in [1.807, 2.05) is 125 Å². The van der Waals surface area contributed by atoms with Crippen LogP contribution >= 0.6 is 0 Å². The Morgan fingerprint density at radius 3 is 1.35 bits per heavy atom. The molecule has 0 saturated carbocycles. The molecule has 3 aliphatic rings. The van der Waals surface area contributed by atoms with Gasteiger partial charge in [0.2, 0.25) is 0 Å². The summed E-state index contributed by atoms with van der Waals surface area (Å²) < 4.78 is 12.2. The van der Waals surface area contributed by atoms with E-state index in [1.54, 1.807) is 0 Å². The number of anilines is 2. The number of rotatable bonds is 0. The van der Waals surface area contributed by atoms with Crippen molar-refractivity contribution in [1.29, 1.82) is 0 Å². The van der Waals surface area contributed by atoms with Crippen molar-refractivity contribution >= 4 is 45.7 Å². The maximum absolute atomic E-state index is 14.5. The van der Waals surface area contributed by atoms with E-state index in [9.17, 15) is 9.59 Å². The van der Waals surface area contributed by atoms with Crippen molar-refractivity contribution in [1.82, 2.24) is 0 Å². The van der Waals surface area contributed by atoms with Crippen LogP contribution in [0.1, 0.15) is 86.9 Å². The van der Waals surface area contributed by atoms with E-state index in [-0.39, 0.29) is 11.6 Å². The molecule has 3 heterocycles. The number of fused-ring (bicyclic) bond motifs is 11. The highest BCUT2D eigenvalue weighted by atomic mass is 16.5. The molecule has 0 fully saturated rings. The van der Waals surface area contributed by atoms with Gasteiger partial charge in [-0.1, -0.05) is 74.2 Å². The molecule has 0 aromatic heterocycles. The number of nitrogens with zero attached hydrogens (tertiary/aromatic N) is 2. The third-order valence-corrected chi connectivity index (χ3v) is 9.23. The molecule has 8 nitrogen and oxygen atoms in total. The molecule has 52 heavy (non-hydrogen) atoms. The maximum atomic E-state index is 14.5. The number of hydrogen-bond donors (Lipinski definition) is 2. The van der Waals surface area contributed by atoms with Crippen LogP contribution in [0.15, 0.2) is 130 Å². The van der Waals surface area contributed by atoms with Gasteiger partial charge in [0.25, 0.3) is 0 Å². The molecule has 266 valence electrons. The van der Waals surface area contributed by atoms with Crippen molar-refractivity contribution in [2.45, 2.75) is 66.2 Å². The summed E-state index contributed by atoms with van der Waals surface area (Å²) in [6.07, 6.45) is 6.21. The van der Waals surface area contributed by atoms with Gasteiger partial charge < -0.3 is 20.1 Å². The Kier molecular flexibility index (Phi) is 11.8. The van der Waals surface area contributed by atoms with Gasteiger partial charge in [-0.3, -0.25) is 19.6 Å². The maximum Gasteiger partial charge on any atom is 0.196 e. The number of ether oxygens (including phenoxy) is 2. The second-order valence-corrected chi connectivity index (χ2v) is 13.2. The molecule has 0 radical (unpaired) electrons. The molecule has 4 aromatic carbocycles. The fourth-order valence-electron chi connectivity index (χ4n) is 6.60. The van der Waals surface area contributed by atoms with Crippen LogP contribution in [0, 0.1) is 0 Å². The van der Waals surface area contributed by atoms with E-state index >= 15 is 0 Å². The Morgan fingerprint density at radius 1 is 0.500 bits per heavy atom. The van der Waals surface area contributed by atoms with Crippen LogP contribution in [0.5, 0.6) is 11.5 Å². The van der Waals surface area contributed by atoms with Crippen LogP contribution in [0.3, 0.4) is 0 Å². The quantitative estimate of drug-likeness (QED) is 0.190. The Balaban J connectivity index is 1.53. The van der Waals surface area contributed by atoms with Crippen LogP contribution in [0.25, 0.3) is 0 Å². The minimum absolute atomic E-state index is 0.178. The monoisotopic (exact) mass is 694 g/mol. The fraction of sp³-hybridized carbons (Fsp3) is 0.273. The van der Waals surface area contributed by atoms with Crippen LogP contribution < -0.4 is 20.1 Å². The standard InChI is InChI=1S/C44H46N4O4/c1-29-41-30(2)46-39-23-11-12-24-40(39)48-32(4)42(31(3)47-38-22-10-9-21-37(38)45-29)44(50)34-18-16-20-36(28-34)52-26-14-8-6-5-7-13-25-51-35-19-15-17-33(27-35)43(41)49/h9-12,15-24,27-28,45,48H,5-8,13-14,25-26H2,1-4H3/b41-29-,42-32+,46-30?,47-31?. The van der Waals surface area contributed by atoms with Gasteiger partial charge in [0.1, 0.15) is 11.5 Å². The zero-order valence-electron chi connectivity index (χ0n) is 30.4. The van der Waals surface area contributed by atoms with Gasteiger partial charge in [-0.2, -0.15) is 0 Å². The number of nitrogens with one attached hydrogen (secondary N) is 2. The highest BCUT2D eigenvalue weighted by Crippen LogP contribution is 2.33. The zero-order valence-corrected chi connectivity index (χ0v) is 30.4. The van der Waals surface area contributed by atoms with Gasteiger partial charge in [0.05, 0.1) is 58.5 Å². The smallest absolute Gasteiger partial charge is 0.196 e. The summed E-state index contributed by atoms with van der Waals surface area (Å²) >= 11 is 0. The van der Waals surface area contributed by atoms with E-state index in [4.69, 9.17) is 19.5 Å². The summed E-state index contributed by atoms with van der Waals surface area (Å²) in [5, 5.41) is 6.96. The summed E-state index contributed by atoms with van der Waals surface area (Å²) in [4.78, 5) is 39.0. The van der Waals surface area contributed by atoms with E-state index in [0.717, 1.165) is 38.5 Å². The lowest BCUT2D eigenvalue weighted by Gasteiger charge is -2.19. The molecule has 0 spiro atoms. The van der Waals surface area contributed by atoms with Crippen molar-refractivity contribution < 1.29 is 19.1 Å². The molecule has 3 aliphatic heterocycles. The largest absolute Gasteiger partial charge is 0.494 e. The predicted molar refractivity (Wildman–Crippen MR) is 211 cm³/mol. The average Bonchev–Trinajstić information content (AvgIpc) is 3.13. The van der Waals surface area contributed by atoms with Crippen LogP contribution in [0.4, 0.5) is 22.7 Å². The third-order valence-electron chi connectivity index (χ3n) is 9.23. The number of carbonyl (C=O) groups is 2. The molecule has 4 aromatic rings. The Hall–Kier alpha value is -5.76. The van der Waals surface area contributed by atoms with Crippen molar-refractivity contribution in [2.24, 2.45) is 9.98 Å². The van der Waals surface area contributed by atoms with E-state index in [2.05, 4.69) is 10.6 Å². The lowest BCUT2D eigenvalue weighted by atomic mass is 9.97. The van der Waals surface area contributed by atoms with Crippen molar-refractivity contribution in [2.75, 3.05) is 23.8 Å². The first-order chi connectivity index (χ1) is 25.3. The van der Waals surface area contributed by atoms with Crippen LogP contribution in [-0.4, -0.2) is 36.2 Å². The second-order valence-electron chi connectivity index (χ2n) is 13.2. The summed E-state index contributed by atoms with van der Waals surface area (Å²) in [5.41, 5.74) is 6.76. The lowest BCUT2D eigenvalue weighted by molar-refractivity contribution is 0.103. The SMILES string of the molecule is CC1=Nc2ccccc2N/C(C)=C2/C(=O)c3cccc(c3)OCCCCCCCCOc3cccc(c3)C(=O)/C1=C(/C)Nc1ccccc1N=C2C. The Labute approximate surface area is 306 Å². The molecule has 0 aliphatic carbocycles. The number of para-hydroxylation sites is 4. The molecule has 2 N–H and O–H groups in total. The summed E-state index contributed by atoms with van der Waals surface area (Å²) in [5.74, 6) is 0.964. The number of hydrogen-bond acceptors (Lipinski definition) is 8. The molecule has 0 amide bonds. The zero-order chi connectivity index (χ0) is 36.5. The highest BCUT2D eigenvalue weighted by molar-refractivity contribution is 6.29. The minimum atomic E-state index is -0.178. The number of Topliss-reactive ketones (excluding diaryl/α,β-unsaturated/α-hetero) is 2. The summed E-state index contributed by atoms with van der Waals surface area (Å²) in [6.45, 7) is 8.59. The van der Waals surface area contributed by atoms with Gasteiger partial charge in [-0.05, 0) is 89.1 Å². The lowest BCUT2D eigenvalue weighted by Crippen LogP contribution is -2.18. The minimum Gasteiger partial charge on any atom is -0.494 e. The van der Waals surface area contributed by atoms with Crippen LogP contribution in [-0.2, 0) is 0 Å². The summed E-state index contributed by atoms with van der Waals surface area (Å²) in [6, 6.07) is 29.9. The first-order valence-corrected chi connectivity index (χ1v) is 18.1. The van der Waals surface area contributed by atoms with Gasteiger partial charge in [-0.15, -0.1) is 0 Å². The fourth-order valence-corrected chi connectivity index (χ4v) is 6.60. The van der Waals surface area contributed by atoms with Crippen molar-refractivity contribution in [3.05, 3.63) is 131 Å². The van der Waals surface area contributed by atoms with Crippen molar-refractivity contribution in [3.63, 3.8) is 0 Å². The predicted octanol–water partition coefficient (Wildman–Crippen LogP) is 10.8. The number of benzene rings is 4. The molecule has 7 rings (SSSR count). The molecule has 6 bridgehead atoms. The van der Waals surface area contributed by atoms with E-state index in [0.29, 0.717) is 92.6 Å². The van der Waals surface area contributed by atoms with Gasteiger partial charge in [0.15, 0.2) is 11.6 Å². The van der Waals surface area contributed by atoms with E-state index < -0.39 is 0 Å². The number of ketones is 2. The summed E-state index contributed by atoms with van der Waals surface area (Å²) in [7, 11) is 0. The number of carbonyl (C=O) groups excluding carboxylic acids is 2. The molecule has 0 atom stereocenters. The topological polar surface area (TPSA) is 101 Å². The first-order valence-electron chi connectivity index (χ1n) is 18.1. The normalized spacial score (nSPS) is 19.4. The highest BCUT2D eigenvalue weighted by Gasteiger charge is 2.23. The third kappa shape index (κ3) is 8.75. The van der Waals surface area contributed by atoms with Gasteiger partial charge in [-0.25, -0.2) is 0 Å². The molecular formula is C44H46N4O4. The number of aliphatic imine (C=N–C) groups is 2. The van der Waals surface area contributed by atoms with E-state index in [1.165, 1.54) is 0 Å². The van der Waals surface area contributed by atoms with Gasteiger partial charge in [0, 0.05) is 22.5 Å². The molecule has 8 heteroatoms. The first kappa shape index (κ1) is 36.0. The van der Waals surface area contributed by atoms with Crippen molar-refractivity contribution in [3.8, 4) is 11.5 Å². The Morgan fingerprint density at radius 2 is 0.904 bits per heavy atom. The second kappa shape index (κ2) is 17.0. The average molecular weight is 695 g/mol. The van der Waals surface area contributed by atoms with Gasteiger partial charge >= 0.3 is 0 Å². The molecular weight excluding hydrogens is 649 g/mol. The molecule has 0 saturated heterocycles. The number of allylic oxidation sites excluding steroid dienone is 4. The van der Waals surface area contributed by atoms with Crippen LogP contribution in [0.2, 0.25) is 0 Å².